The van der Waals surface area contributed by atoms with Crippen LogP contribution in [-0.4, -0.2) is 48.0 Å². The molecule has 21 heavy (non-hydrogen) atoms. The zero-order valence-electron chi connectivity index (χ0n) is 12.7. The Morgan fingerprint density at radius 2 is 2.14 bits per heavy atom. The number of aliphatic hydroxyl groups is 1. The van der Waals surface area contributed by atoms with E-state index in [9.17, 15) is 14.3 Å². The van der Waals surface area contributed by atoms with Crippen LogP contribution in [0, 0.1) is 0 Å². The number of hydrogen-bond donors (Lipinski definition) is 2. The predicted molar refractivity (Wildman–Crippen MR) is 80.5 cm³/mol. The molecule has 0 heterocycles. The number of carbonyl (C=O) groups is 1. The predicted octanol–water partition coefficient (Wildman–Crippen LogP) is 2.66. The Hall–Kier alpha value is -1.82. The molecule has 0 bridgehead atoms. The number of nitrogens with one attached hydrogen (secondary N) is 1. The molecule has 118 valence electrons. The molecule has 1 aromatic carbocycles. The van der Waals surface area contributed by atoms with Gasteiger partial charge in [-0.15, -0.1) is 0 Å². The van der Waals surface area contributed by atoms with Crippen LogP contribution in [0.5, 0.6) is 5.75 Å². The molecule has 0 spiro atoms. The maximum absolute atomic E-state index is 12.2. The molecule has 0 saturated heterocycles. The zero-order valence-corrected chi connectivity index (χ0v) is 12.7. The van der Waals surface area contributed by atoms with Crippen LogP contribution in [-0.2, 0) is 0 Å². The first kappa shape index (κ1) is 17.2. The Labute approximate surface area is 124 Å². The molecule has 5 nitrogen and oxygen atoms in total. The van der Waals surface area contributed by atoms with E-state index in [1.165, 1.54) is 0 Å². The van der Waals surface area contributed by atoms with E-state index in [1.54, 1.807) is 36.1 Å². The lowest BCUT2D eigenvalue weighted by atomic mass is 10.2. The van der Waals surface area contributed by atoms with Crippen molar-refractivity contribution in [2.75, 3.05) is 25.1 Å². The summed E-state index contributed by atoms with van der Waals surface area (Å²) >= 11 is 0. The van der Waals surface area contributed by atoms with Crippen molar-refractivity contribution in [3.63, 3.8) is 0 Å². The Balaban J connectivity index is 2.71. The molecule has 2 amide bonds. The molecule has 1 rings (SSSR count). The van der Waals surface area contributed by atoms with Crippen LogP contribution in [0.15, 0.2) is 24.3 Å². The van der Waals surface area contributed by atoms with E-state index >= 15 is 0 Å². The summed E-state index contributed by atoms with van der Waals surface area (Å²) in [5.41, 5.74) is 0.563. The maximum atomic E-state index is 12.2. The van der Waals surface area contributed by atoms with Gasteiger partial charge in [0.2, 0.25) is 0 Å². The third kappa shape index (κ3) is 5.99. The molecule has 6 heteroatoms. The highest BCUT2D eigenvalue weighted by Gasteiger charge is 2.18. The fourth-order valence-corrected chi connectivity index (χ4v) is 1.83. The number of aliphatic hydroxyl groups excluding tert-OH is 1. The highest BCUT2D eigenvalue weighted by Crippen LogP contribution is 2.18. The van der Waals surface area contributed by atoms with Gasteiger partial charge >= 0.3 is 6.03 Å². The summed E-state index contributed by atoms with van der Waals surface area (Å²) in [6.45, 7) is 5.06. The Bertz CT molecular complexity index is 452. The number of carbonyl (C=O) groups excluding carboxylic acids is 1. The minimum atomic E-state index is -0.600. The van der Waals surface area contributed by atoms with Gasteiger partial charge in [0, 0.05) is 24.3 Å². The van der Waals surface area contributed by atoms with Crippen LogP contribution >= 0.6 is 0 Å². The molecular formula is C15H23FN2O3. The smallest absolute Gasteiger partial charge is 0.322 e. The molecule has 0 aliphatic rings. The van der Waals surface area contributed by atoms with Gasteiger partial charge in [-0.3, -0.25) is 0 Å². The second-order valence-corrected chi connectivity index (χ2v) is 5.09. The van der Waals surface area contributed by atoms with E-state index in [-0.39, 0.29) is 25.2 Å². The van der Waals surface area contributed by atoms with Crippen molar-refractivity contribution in [2.45, 2.75) is 32.9 Å². The molecule has 2 N–H and O–H groups in total. The second-order valence-electron chi connectivity index (χ2n) is 5.09. The number of anilines is 1. The number of benzene rings is 1. The fraction of sp³-hybridized carbons (Fsp3) is 0.533. The van der Waals surface area contributed by atoms with Gasteiger partial charge in [-0.25, -0.2) is 9.18 Å². The van der Waals surface area contributed by atoms with E-state index in [0.717, 1.165) is 0 Å². The Kier molecular flexibility index (Phi) is 6.94. The maximum Gasteiger partial charge on any atom is 0.322 e. The third-order valence-electron chi connectivity index (χ3n) is 2.78. The van der Waals surface area contributed by atoms with Gasteiger partial charge in [-0.2, -0.15) is 0 Å². The van der Waals surface area contributed by atoms with Crippen molar-refractivity contribution < 1.29 is 19.0 Å². The van der Waals surface area contributed by atoms with Crippen molar-refractivity contribution in [3.05, 3.63) is 24.3 Å². The summed E-state index contributed by atoms with van der Waals surface area (Å²) in [4.78, 5) is 13.8. The molecular weight excluding hydrogens is 275 g/mol. The molecule has 0 aromatic heterocycles. The van der Waals surface area contributed by atoms with E-state index in [1.807, 2.05) is 13.8 Å². The van der Waals surface area contributed by atoms with Gasteiger partial charge < -0.3 is 20.1 Å². The monoisotopic (exact) mass is 298 g/mol. The minimum Gasteiger partial charge on any atom is -0.491 e. The van der Waals surface area contributed by atoms with Crippen LogP contribution < -0.4 is 10.1 Å². The fourth-order valence-electron chi connectivity index (χ4n) is 1.83. The Morgan fingerprint density at radius 1 is 1.43 bits per heavy atom. The van der Waals surface area contributed by atoms with Crippen molar-refractivity contribution in [2.24, 2.45) is 0 Å². The van der Waals surface area contributed by atoms with Gasteiger partial charge in [0.15, 0.2) is 0 Å². The average Bonchev–Trinajstić information content (AvgIpc) is 2.42. The summed E-state index contributed by atoms with van der Waals surface area (Å²) in [5, 5.41) is 12.2. The average molecular weight is 298 g/mol. The number of hydrogen-bond acceptors (Lipinski definition) is 3. The summed E-state index contributed by atoms with van der Waals surface area (Å²) in [6, 6.07) is 6.44. The lowest BCUT2D eigenvalue weighted by Gasteiger charge is -2.28. The number of ether oxygens (including phenoxy) is 1. The molecule has 0 saturated carbocycles. The SMILES string of the molecule is CC(O)CN(C(=O)Nc1cccc(OCCF)c1)C(C)C. The first-order chi connectivity index (χ1) is 9.93. The number of amides is 2. The third-order valence-corrected chi connectivity index (χ3v) is 2.78. The number of nitrogens with zero attached hydrogens (tertiary/aromatic N) is 1. The quantitative estimate of drug-likeness (QED) is 0.813. The molecule has 0 aliphatic heterocycles. The molecule has 1 atom stereocenters. The lowest BCUT2D eigenvalue weighted by Crippen LogP contribution is -2.43. The van der Waals surface area contributed by atoms with Crippen molar-refractivity contribution in [1.82, 2.24) is 4.90 Å². The van der Waals surface area contributed by atoms with Gasteiger partial charge in [-0.1, -0.05) is 6.07 Å². The second kappa shape index (κ2) is 8.46. The van der Waals surface area contributed by atoms with Crippen LogP contribution in [0.2, 0.25) is 0 Å². The molecule has 0 aliphatic carbocycles. The first-order valence-electron chi connectivity index (χ1n) is 6.98. The topological polar surface area (TPSA) is 61.8 Å². The zero-order chi connectivity index (χ0) is 15.8. The molecule has 0 fully saturated rings. The van der Waals surface area contributed by atoms with Crippen LogP contribution in [0.4, 0.5) is 14.9 Å². The van der Waals surface area contributed by atoms with E-state index in [4.69, 9.17) is 4.74 Å². The molecule has 1 aromatic rings. The van der Waals surface area contributed by atoms with Gasteiger partial charge in [0.25, 0.3) is 0 Å². The summed E-state index contributed by atoms with van der Waals surface area (Å²) in [7, 11) is 0. The van der Waals surface area contributed by atoms with E-state index < -0.39 is 12.8 Å². The summed E-state index contributed by atoms with van der Waals surface area (Å²) < 4.78 is 17.3. The number of alkyl halides is 1. The van der Waals surface area contributed by atoms with E-state index in [2.05, 4.69) is 5.32 Å². The van der Waals surface area contributed by atoms with Crippen molar-refractivity contribution in [3.8, 4) is 5.75 Å². The highest BCUT2D eigenvalue weighted by atomic mass is 19.1. The molecule has 1 unspecified atom stereocenters. The lowest BCUT2D eigenvalue weighted by molar-refractivity contribution is 0.125. The molecule has 0 radical (unpaired) electrons. The highest BCUT2D eigenvalue weighted by molar-refractivity contribution is 5.89. The largest absolute Gasteiger partial charge is 0.491 e. The van der Waals surface area contributed by atoms with Crippen LogP contribution in [0.1, 0.15) is 20.8 Å². The number of urea groups is 1. The van der Waals surface area contributed by atoms with Crippen molar-refractivity contribution >= 4 is 11.7 Å². The van der Waals surface area contributed by atoms with Gasteiger partial charge in [-0.05, 0) is 32.9 Å². The minimum absolute atomic E-state index is 0.0163. The Morgan fingerprint density at radius 3 is 2.71 bits per heavy atom. The number of halogens is 1. The summed E-state index contributed by atoms with van der Waals surface area (Å²) in [6.07, 6.45) is -0.600. The van der Waals surface area contributed by atoms with Gasteiger partial charge in [0.05, 0.1) is 6.10 Å². The standard InChI is InChI=1S/C15H23FN2O3/c1-11(2)18(10-12(3)19)15(20)17-13-5-4-6-14(9-13)21-8-7-16/h4-6,9,11-12,19H,7-8,10H2,1-3H3,(H,17,20). The number of rotatable bonds is 7. The van der Waals surface area contributed by atoms with Crippen LogP contribution in [0.3, 0.4) is 0 Å². The van der Waals surface area contributed by atoms with Crippen LogP contribution in [0.25, 0.3) is 0 Å². The van der Waals surface area contributed by atoms with Crippen molar-refractivity contribution in [1.29, 1.82) is 0 Å². The van der Waals surface area contributed by atoms with Gasteiger partial charge in [0.1, 0.15) is 19.0 Å². The normalized spacial score (nSPS) is 12.1. The van der Waals surface area contributed by atoms with E-state index in [0.29, 0.717) is 11.4 Å². The first-order valence-corrected chi connectivity index (χ1v) is 6.98. The summed E-state index contributed by atoms with van der Waals surface area (Å²) in [5.74, 6) is 0.497.